The lowest BCUT2D eigenvalue weighted by molar-refractivity contribution is -0.385. The summed E-state index contributed by atoms with van der Waals surface area (Å²) in [4.78, 5) is 30.5. The zero-order valence-corrected chi connectivity index (χ0v) is 17.2. The fourth-order valence-electron chi connectivity index (χ4n) is 5.07. The monoisotopic (exact) mass is 400 g/mol. The van der Waals surface area contributed by atoms with E-state index in [1.165, 1.54) is 44.7 Å². The van der Waals surface area contributed by atoms with Crippen LogP contribution >= 0.6 is 0 Å². The highest BCUT2D eigenvalue weighted by Gasteiger charge is 2.28. The molecule has 0 unspecified atom stereocenters. The molecule has 2 saturated heterocycles. The van der Waals surface area contributed by atoms with Gasteiger partial charge in [0.25, 0.3) is 11.6 Å². The maximum atomic E-state index is 12.9. The summed E-state index contributed by atoms with van der Waals surface area (Å²) >= 11 is 0. The van der Waals surface area contributed by atoms with Gasteiger partial charge < -0.3 is 9.80 Å². The van der Waals surface area contributed by atoms with E-state index in [1.54, 1.807) is 17.0 Å². The number of nitro groups is 1. The Morgan fingerprint density at radius 3 is 2.31 bits per heavy atom. The molecule has 3 aliphatic rings. The molecular weight excluding hydrogens is 368 g/mol. The molecule has 158 valence electrons. The number of amides is 1. The quantitative estimate of drug-likeness (QED) is 0.559. The molecular formula is C22H32N4O3. The van der Waals surface area contributed by atoms with Crippen molar-refractivity contribution >= 4 is 17.3 Å². The first-order valence-corrected chi connectivity index (χ1v) is 11.2. The predicted octanol–water partition coefficient (Wildman–Crippen LogP) is 3.53. The highest BCUT2D eigenvalue weighted by atomic mass is 16.6. The summed E-state index contributed by atoms with van der Waals surface area (Å²) < 4.78 is 0. The number of anilines is 1. The van der Waals surface area contributed by atoms with Crippen molar-refractivity contribution in [3.05, 3.63) is 33.9 Å². The zero-order chi connectivity index (χ0) is 20.2. The largest absolute Gasteiger partial charge is 0.369 e. The molecule has 1 saturated carbocycles. The second kappa shape index (κ2) is 9.11. The van der Waals surface area contributed by atoms with E-state index in [-0.39, 0.29) is 17.2 Å². The first-order chi connectivity index (χ1) is 14.1. The number of nitro benzene ring substituents is 1. The number of nitrogens with zero attached hydrogens (tertiary/aromatic N) is 4. The van der Waals surface area contributed by atoms with E-state index in [4.69, 9.17) is 0 Å². The topological polar surface area (TPSA) is 69.9 Å². The number of rotatable bonds is 5. The molecule has 1 aromatic rings. The van der Waals surface area contributed by atoms with Gasteiger partial charge in [-0.05, 0) is 43.7 Å². The van der Waals surface area contributed by atoms with Crippen LogP contribution in [0.3, 0.4) is 0 Å². The van der Waals surface area contributed by atoms with Crippen LogP contribution in [0.1, 0.15) is 55.3 Å². The van der Waals surface area contributed by atoms with Gasteiger partial charge in [0.15, 0.2) is 0 Å². The second-order valence-corrected chi connectivity index (χ2v) is 8.75. The molecule has 0 aromatic heterocycles. The van der Waals surface area contributed by atoms with Gasteiger partial charge >= 0.3 is 0 Å². The molecule has 1 amide bonds. The van der Waals surface area contributed by atoms with Crippen molar-refractivity contribution in [3.63, 3.8) is 0 Å². The van der Waals surface area contributed by atoms with Gasteiger partial charge in [-0.15, -0.1) is 0 Å². The van der Waals surface area contributed by atoms with Crippen molar-refractivity contribution in [2.75, 3.05) is 50.7 Å². The van der Waals surface area contributed by atoms with Gasteiger partial charge in [0.1, 0.15) is 5.56 Å². The molecule has 0 radical (unpaired) electrons. The van der Waals surface area contributed by atoms with E-state index in [0.29, 0.717) is 13.1 Å². The van der Waals surface area contributed by atoms with Crippen LogP contribution < -0.4 is 4.90 Å². The average molecular weight is 401 g/mol. The Hall–Kier alpha value is -2.15. The first kappa shape index (κ1) is 20.1. The second-order valence-electron chi connectivity index (χ2n) is 8.75. The van der Waals surface area contributed by atoms with Crippen molar-refractivity contribution in [3.8, 4) is 0 Å². The SMILES string of the molecule is O=C(c1cc(N2CCN(CC3CCCCC3)CC2)ccc1[N+](=O)[O-])N1CCCC1. The van der Waals surface area contributed by atoms with Gasteiger partial charge in [0, 0.05) is 57.6 Å². The summed E-state index contributed by atoms with van der Waals surface area (Å²) in [6, 6.07) is 5.05. The van der Waals surface area contributed by atoms with Crippen molar-refractivity contribution in [1.29, 1.82) is 0 Å². The number of benzene rings is 1. The molecule has 2 aliphatic heterocycles. The number of likely N-dealkylation sites (tertiary alicyclic amines) is 1. The van der Waals surface area contributed by atoms with Crippen LogP contribution in [0, 0.1) is 16.0 Å². The number of piperazine rings is 1. The van der Waals surface area contributed by atoms with Crippen molar-refractivity contribution < 1.29 is 9.72 Å². The fourth-order valence-corrected chi connectivity index (χ4v) is 5.07. The Labute approximate surface area is 172 Å². The minimum atomic E-state index is -0.435. The summed E-state index contributed by atoms with van der Waals surface area (Å²) in [6.45, 7) is 6.43. The summed E-state index contributed by atoms with van der Waals surface area (Å²) in [5, 5.41) is 11.5. The van der Waals surface area contributed by atoms with E-state index in [9.17, 15) is 14.9 Å². The van der Waals surface area contributed by atoms with E-state index in [1.807, 2.05) is 0 Å². The lowest BCUT2D eigenvalue weighted by Crippen LogP contribution is -2.48. The molecule has 1 aromatic carbocycles. The Morgan fingerprint density at radius 2 is 1.66 bits per heavy atom. The molecule has 7 heteroatoms. The molecule has 0 atom stereocenters. The van der Waals surface area contributed by atoms with Crippen LogP contribution in [0.25, 0.3) is 0 Å². The normalized spacial score (nSPS) is 21.5. The van der Waals surface area contributed by atoms with E-state index >= 15 is 0 Å². The summed E-state index contributed by atoms with van der Waals surface area (Å²) in [5.41, 5.74) is 1.08. The summed E-state index contributed by atoms with van der Waals surface area (Å²) in [5.74, 6) is 0.645. The highest BCUT2D eigenvalue weighted by molar-refractivity contribution is 5.99. The van der Waals surface area contributed by atoms with Crippen LogP contribution in [-0.2, 0) is 0 Å². The van der Waals surface area contributed by atoms with Gasteiger partial charge in [0.2, 0.25) is 0 Å². The van der Waals surface area contributed by atoms with Gasteiger partial charge in [-0.2, -0.15) is 0 Å². The maximum absolute atomic E-state index is 12.9. The third kappa shape index (κ3) is 4.71. The number of carbonyl (C=O) groups excluding carboxylic acids is 1. The van der Waals surface area contributed by atoms with Crippen LogP contribution in [0.4, 0.5) is 11.4 Å². The smallest absolute Gasteiger partial charge is 0.282 e. The third-order valence-electron chi connectivity index (χ3n) is 6.78. The molecule has 0 bridgehead atoms. The predicted molar refractivity (Wildman–Crippen MR) is 113 cm³/mol. The van der Waals surface area contributed by atoms with Gasteiger partial charge in [-0.25, -0.2) is 0 Å². The molecule has 1 aliphatic carbocycles. The number of hydrogen-bond donors (Lipinski definition) is 0. The van der Waals surface area contributed by atoms with E-state index in [0.717, 1.165) is 50.6 Å². The Balaban J connectivity index is 1.42. The van der Waals surface area contributed by atoms with Crippen LogP contribution in [0.2, 0.25) is 0 Å². The minimum Gasteiger partial charge on any atom is -0.369 e. The fraction of sp³-hybridized carbons (Fsp3) is 0.682. The Bertz CT molecular complexity index is 734. The van der Waals surface area contributed by atoms with Crippen molar-refractivity contribution in [2.45, 2.75) is 44.9 Å². The molecule has 29 heavy (non-hydrogen) atoms. The number of hydrogen-bond acceptors (Lipinski definition) is 5. The standard InChI is InChI=1S/C22H32N4O3/c27-22(25-10-4-5-11-25)20-16-19(8-9-21(20)26(28)29)24-14-12-23(13-15-24)17-18-6-2-1-3-7-18/h8-9,16,18H,1-7,10-15,17H2. The minimum absolute atomic E-state index is 0.0819. The van der Waals surface area contributed by atoms with Crippen LogP contribution in [-0.4, -0.2) is 66.4 Å². The van der Waals surface area contributed by atoms with Crippen LogP contribution in [0.15, 0.2) is 18.2 Å². The van der Waals surface area contributed by atoms with Gasteiger partial charge in [-0.1, -0.05) is 19.3 Å². The Morgan fingerprint density at radius 1 is 0.966 bits per heavy atom. The lowest BCUT2D eigenvalue weighted by atomic mass is 9.89. The molecule has 2 heterocycles. The molecule has 0 N–H and O–H groups in total. The third-order valence-corrected chi connectivity index (χ3v) is 6.78. The lowest BCUT2D eigenvalue weighted by Gasteiger charge is -2.38. The zero-order valence-electron chi connectivity index (χ0n) is 17.2. The van der Waals surface area contributed by atoms with Crippen molar-refractivity contribution in [2.24, 2.45) is 5.92 Å². The number of carbonyl (C=O) groups is 1. The van der Waals surface area contributed by atoms with Gasteiger partial charge in [0.05, 0.1) is 4.92 Å². The molecule has 7 nitrogen and oxygen atoms in total. The summed E-state index contributed by atoms with van der Waals surface area (Å²) in [7, 11) is 0. The summed E-state index contributed by atoms with van der Waals surface area (Å²) in [6.07, 6.45) is 8.82. The van der Waals surface area contributed by atoms with Gasteiger partial charge in [-0.3, -0.25) is 19.8 Å². The maximum Gasteiger partial charge on any atom is 0.282 e. The highest BCUT2D eigenvalue weighted by Crippen LogP contribution is 2.29. The first-order valence-electron chi connectivity index (χ1n) is 11.2. The van der Waals surface area contributed by atoms with Crippen LogP contribution in [0.5, 0.6) is 0 Å². The van der Waals surface area contributed by atoms with Crippen molar-refractivity contribution in [1.82, 2.24) is 9.80 Å². The molecule has 0 spiro atoms. The molecule has 3 fully saturated rings. The Kier molecular flexibility index (Phi) is 6.33. The molecule has 4 rings (SSSR count). The van der Waals surface area contributed by atoms with E-state index in [2.05, 4.69) is 9.80 Å². The average Bonchev–Trinajstić information content (AvgIpc) is 3.29. The van der Waals surface area contributed by atoms with E-state index < -0.39 is 4.92 Å².